The number of aromatic nitrogens is 2. The van der Waals surface area contributed by atoms with Crippen molar-refractivity contribution in [3.63, 3.8) is 0 Å². The molecule has 0 aliphatic heterocycles. The largest absolute Gasteiger partial charge is 0.473 e. The molecule has 0 radical (unpaired) electrons. The molecule has 0 spiro atoms. The van der Waals surface area contributed by atoms with E-state index >= 15 is 0 Å². The van der Waals surface area contributed by atoms with Gasteiger partial charge in [-0.2, -0.15) is 5.10 Å². The number of nitrogens with two attached hydrogens (primary N) is 1. The molecule has 2 N–H and O–H groups in total. The van der Waals surface area contributed by atoms with E-state index in [4.69, 9.17) is 10.5 Å². The highest BCUT2D eigenvalue weighted by Gasteiger charge is 2.16. The summed E-state index contributed by atoms with van der Waals surface area (Å²) >= 11 is 0. The second-order valence-corrected chi connectivity index (χ2v) is 4.70. The van der Waals surface area contributed by atoms with E-state index in [0.29, 0.717) is 17.5 Å². The molecule has 1 aromatic heterocycles. The smallest absolute Gasteiger partial charge is 0.236 e. The molecule has 0 aromatic carbocycles. The molecule has 1 unspecified atom stereocenters. The normalized spacial score (nSPS) is 13.1. The van der Waals surface area contributed by atoms with Gasteiger partial charge >= 0.3 is 0 Å². The molecule has 1 atom stereocenters. The van der Waals surface area contributed by atoms with E-state index in [-0.39, 0.29) is 6.10 Å². The maximum Gasteiger partial charge on any atom is 0.236 e. The minimum atomic E-state index is 0.169. The summed E-state index contributed by atoms with van der Waals surface area (Å²) in [6.45, 7) is 8.48. The van der Waals surface area contributed by atoms with Gasteiger partial charge in [0.2, 0.25) is 5.88 Å². The predicted octanol–water partition coefficient (Wildman–Crippen LogP) is 2.38. The minimum absolute atomic E-state index is 0.169. The summed E-state index contributed by atoms with van der Waals surface area (Å²) in [7, 11) is 1.87. The summed E-state index contributed by atoms with van der Waals surface area (Å²) in [6.07, 6.45) is 2.02. The highest BCUT2D eigenvalue weighted by molar-refractivity contribution is 5.53. The Morgan fingerprint density at radius 1 is 1.38 bits per heavy atom. The van der Waals surface area contributed by atoms with Crippen molar-refractivity contribution in [2.24, 2.45) is 13.0 Å². The van der Waals surface area contributed by atoms with Gasteiger partial charge < -0.3 is 10.5 Å². The lowest BCUT2D eigenvalue weighted by Crippen LogP contribution is -2.16. The lowest BCUT2D eigenvalue weighted by Gasteiger charge is -2.16. The number of ether oxygens (including phenoxy) is 1. The molecule has 0 aliphatic rings. The zero-order valence-corrected chi connectivity index (χ0v) is 10.9. The molecule has 1 rings (SSSR count). The van der Waals surface area contributed by atoms with E-state index in [0.717, 1.165) is 18.5 Å². The summed E-state index contributed by atoms with van der Waals surface area (Å²) in [5.41, 5.74) is 7.58. The first-order valence-electron chi connectivity index (χ1n) is 5.93. The predicted molar refractivity (Wildman–Crippen MR) is 66.5 cm³/mol. The van der Waals surface area contributed by atoms with E-state index in [1.807, 2.05) is 14.0 Å². The molecule has 4 heteroatoms. The number of nitrogen functional groups attached to an aromatic ring is 1. The first-order valence-corrected chi connectivity index (χ1v) is 5.93. The van der Waals surface area contributed by atoms with Crippen LogP contribution in [0.1, 0.15) is 39.8 Å². The zero-order chi connectivity index (χ0) is 12.3. The Kier molecular flexibility index (Phi) is 4.21. The molecule has 92 valence electrons. The van der Waals surface area contributed by atoms with Crippen molar-refractivity contribution in [1.82, 2.24) is 9.78 Å². The standard InChI is InChI=1S/C12H23N3O/c1-6-10-11(13)12(15(5)14-10)16-9(4)7-8(2)3/h8-9H,6-7,13H2,1-5H3. The van der Waals surface area contributed by atoms with Crippen LogP contribution in [0.5, 0.6) is 5.88 Å². The molecule has 0 saturated carbocycles. The number of hydrogen-bond donors (Lipinski definition) is 1. The molecule has 0 fully saturated rings. The molecule has 0 bridgehead atoms. The maximum atomic E-state index is 5.99. The Morgan fingerprint density at radius 2 is 2.00 bits per heavy atom. The van der Waals surface area contributed by atoms with Crippen molar-refractivity contribution in [1.29, 1.82) is 0 Å². The second-order valence-electron chi connectivity index (χ2n) is 4.70. The van der Waals surface area contributed by atoms with Gasteiger partial charge in [-0.1, -0.05) is 20.8 Å². The highest BCUT2D eigenvalue weighted by Crippen LogP contribution is 2.26. The molecule has 0 saturated heterocycles. The summed E-state index contributed by atoms with van der Waals surface area (Å²) in [5.74, 6) is 1.32. The molecule has 1 aromatic rings. The van der Waals surface area contributed by atoms with Gasteiger partial charge in [0, 0.05) is 7.05 Å². The van der Waals surface area contributed by atoms with Crippen LogP contribution in [0.4, 0.5) is 5.69 Å². The van der Waals surface area contributed by atoms with Crippen LogP contribution in [0.15, 0.2) is 0 Å². The van der Waals surface area contributed by atoms with Crippen molar-refractivity contribution < 1.29 is 4.74 Å². The van der Waals surface area contributed by atoms with Gasteiger partial charge in [-0.15, -0.1) is 0 Å². The van der Waals surface area contributed by atoms with E-state index in [2.05, 4.69) is 25.9 Å². The van der Waals surface area contributed by atoms with Crippen molar-refractivity contribution in [2.45, 2.75) is 46.6 Å². The Morgan fingerprint density at radius 3 is 2.44 bits per heavy atom. The third-order valence-electron chi connectivity index (χ3n) is 2.56. The number of rotatable bonds is 5. The summed E-state index contributed by atoms with van der Waals surface area (Å²) in [6, 6.07) is 0. The van der Waals surface area contributed by atoms with Crippen LogP contribution >= 0.6 is 0 Å². The molecule has 0 amide bonds. The van der Waals surface area contributed by atoms with Crippen molar-refractivity contribution in [2.75, 3.05) is 5.73 Å². The van der Waals surface area contributed by atoms with Gasteiger partial charge in [0.1, 0.15) is 5.69 Å². The number of anilines is 1. The zero-order valence-electron chi connectivity index (χ0n) is 10.9. The van der Waals surface area contributed by atoms with E-state index < -0.39 is 0 Å². The quantitative estimate of drug-likeness (QED) is 0.837. The van der Waals surface area contributed by atoms with Gasteiger partial charge in [0.25, 0.3) is 0 Å². The third-order valence-corrected chi connectivity index (χ3v) is 2.56. The van der Waals surface area contributed by atoms with Crippen LogP contribution in [-0.2, 0) is 13.5 Å². The fourth-order valence-corrected chi connectivity index (χ4v) is 1.88. The number of aryl methyl sites for hydroxylation is 2. The molecule has 16 heavy (non-hydrogen) atoms. The first-order chi connectivity index (χ1) is 7.45. The number of hydrogen-bond acceptors (Lipinski definition) is 3. The van der Waals surface area contributed by atoms with Crippen LogP contribution in [0.2, 0.25) is 0 Å². The molecule has 1 heterocycles. The summed E-state index contributed by atoms with van der Waals surface area (Å²) in [5, 5.41) is 4.33. The molecule has 4 nitrogen and oxygen atoms in total. The first kappa shape index (κ1) is 12.9. The second kappa shape index (κ2) is 5.23. The Balaban J connectivity index is 2.76. The molecular formula is C12H23N3O. The lowest BCUT2D eigenvalue weighted by molar-refractivity contribution is 0.178. The fraction of sp³-hybridized carbons (Fsp3) is 0.750. The summed E-state index contributed by atoms with van der Waals surface area (Å²) in [4.78, 5) is 0. The van der Waals surface area contributed by atoms with Crippen LogP contribution in [0.3, 0.4) is 0 Å². The van der Waals surface area contributed by atoms with Crippen LogP contribution in [0, 0.1) is 5.92 Å². The molecular weight excluding hydrogens is 202 g/mol. The van der Waals surface area contributed by atoms with Crippen molar-refractivity contribution >= 4 is 5.69 Å². The van der Waals surface area contributed by atoms with Crippen LogP contribution in [0.25, 0.3) is 0 Å². The highest BCUT2D eigenvalue weighted by atomic mass is 16.5. The Hall–Kier alpha value is -1.19. The third kappa shape index (κ3) is 2.90. The van der Waals surface area contributed by atoms with E-state index in [9.17, 15) is 0 Å². The maximum absolute atomic E-state index is 5.99. The van der Waals surface area contributed by atoms with Gasteiger partial charge in [-0.05, 0) is 25.7 Å². The fourth-order valence-electron chi connectivity index (χ4n) is 1.88. The van der Waals surface area contributed by atoms with E-state index in [1.54, 1.807) is 4.68 Å². The minimum Gasteiger partial charge on any atom is -0.473 e. The van der Waals surface area contributed by atoms with Gasteiger partial charge in [0.05, 0.1) is 11.8 Å². The topological polar surface area (TPSA) is 53.1 Å². The monoisotopic (exact) mass is 225 g/mol. The van der Waals surface area contributed by atoms with Gasteiger partial charge in [-0.3, -0.25) is 0 Å². The SMILES string of the molecule is CCc1nn(C)c(OC(C)CC(C)C)c1N. The number of nitrogens with zero attached hydrogens (tertiary/aromatic N) is 2. The average molecular weight is 225 g/mol. The summed E-state index contributed by atoms with van der Waals surface area (Å²) < 4.78 is 7.57. The average Bonchev–Trinajstić information content (AvgIpc) is 2.44. The van der Waals surface area contributed by atoms with Crippen molar-refractivity contribution in [3.05, 3.63) is 5.69 Å². The van der Waals surface area contributed by atoms with E-state index in [1.165, 1.54) is 0 Å². The van der Waals surface area contributed by atoms with Gasteiger partial charge in [-0.25, -0.2) is 4.68 Å². The lowest BCUT2D eigenvalue weighted by atomic mass is 10.1. The van der Waals surface area contributed by atoms with Gasteiger partial charge in [0.15, 0.2) is 0 Å². The Bertz CT molecular complexity index is 344. The van der Waals surface area contributed by atoms with Crippen LogP contribution in [-0.4, -0.2) is 15.9 Å². The van der Waals surface area contributed by atoms with Crippen LogP contribution < -0.4 is 10.5 Å². The van der Waals surface area contributed by atoms with Crippen molar-refractivity contribution in [3.8, 4) is 5.88 Å². The Labute approximate surface area is 97.8 Å². The molecule has 0 aliphatic carbocycles.